The zero-order chi connectivity index (χ0) is 28.1. The molecule has 0 saturated carbocycles. The number of rotatable bonds is 10. The topological polar surface area (TPSA) is 120 Å². The van der Waals surface area contributed by atoms with Crippen LogP contribution in [0.5, 0.6) is 5.75 Å². The molecule has 0 bridgehead atoms. The van der Waals surface area contributed by atoms with Crippen molar-refractivity contribution < 1.29 is 38.1 Å². The van der Waals surface area contributed by atoms with Crippen LogP contribution in [-0.4, -0.2) is 49.8 Å². The van der Waals surface area contributed by atoms with E-state index in [9.17, 15) is 14.4 Å². The van der Waals surface area contributed by atoms with Gasteiger partial charge in [-0.3, -0.25) is 14.4 Å². The van der Waals surface area contributed by atoms with Crippen LogP contribution < -0.4 is 10.1 Å². The van der Waals surface area contributed by atoms with Gasteiger partial charge in [0.05, 0.1) is 19.1 Å². The van der Waals surface area contributed by atoms with Crippen molar-refractivity contribution in [2.45, 2.75) is 105 Å². The number of carbonyl (C=O) groups is 3. The molecule has 1 saturated heterocycles. The summed E-state index contributed by atoms with van der Waals surface area (Å²) in [6, 6.07) is 5.17. The predicted octanol–water partition coefficient (Wildman–Crippen LogP) is 5.34. The molecule has 1 aromatic rings. The molecule has 1 aromatic carbocycles. The summed E-state index contributed by atoms with van der Waals surface area (Å²) in [5.41, 5.74) is 1.21. The summed E-state index contributed by atoms with van der Waals surface area (Å²) in [5, 5.41) is 11.6. The summed E-state index contributed by atoms with van der Waals surface area (Å²) in [5.74, 6) is -1.16. The Labute approximate surface area is 221 Å². The van der Waals surface area contributed by atoms with Crippen molar-refractivity contribution in [3.8, 4) is 5.75 Å². The number of ether oxygens (including phenoxy) is 3. The van der Waals surface area contributed by atoms with Gasteiger partial charge in [-0.2, -0.15) is 0 Å². The Morgan fingerprint density at radius 1 is 1.08 bits per heavy atom. The highest BCUT2D eigenvalue weighted by molar-refractivity contribution is 6.74. The van der Waals surface area contributed by atoms with E-state index in [1.807, 2.05) is 13.8 Å². The quantitative estimate of drug-likeness (QED) is 0.303. The van der Waals surface area contributed by atoms with Crippen LogP contribution in [0.4, 0.5) is 5.69 Å². The molecule has 37 heavy (non-hydrogen) atoms. The smallest absolute Gasteiger partial charge is 0.303 e. The molecule has 2 rings (SSSR count). The molecule has 1 aliphatic heterocycles. The van der Waals surface area contributed by atoms with E-state index in [4.69, 9.17) is 23.7 Å². The normalized spacial score (nSPS) is 24.3. The SMILES string of the molecule is CC(=O)OC1C(Oc2ccc(NC(=O)CCC(=O)O)cc2CO[Si](C)(C)C(C)(C)C)OC(C)C(C)C1C. The van der Waals surface area contributed by atoms with Crippen molar-refractivity contribution in [3.05, 3.63) is 23.8 Å². The second-order valence-corrected chi connectivity index (χ2v) is 16.2. The van der Waals surface area contributed by atoms with Crippen LogP contribution in [0.3, 0.4) is 0 Å². The van der Waals surface area contributed by atoms with E-state index in [0.29, 0.717) is 17.0 Å². The molecule has 1 aliphatic rings. The first-order valence-electron chi connectivity index (χ1n) is 12.8. The Morgan fingerprint density at radius 3 is 2.30 bits per heavy atom. The van der Waals surface area contributed by atoms with Crippen LogP contribution in [0.2, 0.25) is 18.1 Å². The van der Waals surface area contributed by atoms with Gasteiger partial charge in [0.2, 0.25) is 12.2 Å². The van der Waals surface area contributed by atoms with Gasteiger partial charge in [-0.1, -0.05) is 34.6 Å². The molecular formula is C27H43NO8Si. The minimum absolute atomic E-state index is 0.00934. The number of esters is 1. The molecule has 1 amide bonds. The number of amides is 1. The highest BCUT2D eigenvalue weighted by Crippen LogP contribution is 2.39. The number of hydrogen-bond donors (Lipinski definition) is 2. The van der Waals surface area contributed by atoms with Crippen molar-refractivity contribution >= 4 is 31.9 Å². The van der Waals surface area contributed by atoms with Crippen LogP contribution in [0, 0.1) is 11.8 Å². The third-order valence-corrected chi connectivity index (χ3v) is 12.0. The minimum atomic E-state index is -2.11. The van der Waals surface area contributed by atoms with Crippen LogP contribution >= 0.6 is 0 Å². The van der Waals surface area contributed by atoms with E-state index in [2.05, 4.69) is 46.1 Å². The number of carboxylic acid groups (broad SMARTS) is 1. The van der Waals surface area contributed by atoms with Crippen molar-refractivity contribution in [1.82, 2.24) is 0 Å². The standard InChI is InChI=1S/C27H43NO8Si/c1-16-17(2)25(35-19(4)29)26(34-18(16)3)36-22-11-10-21(28-23(30)12-13-24(31)32)14-20(22)15-33-37(8,9)27(5,6)7/h10-11,14,16-18,25-26H,12-13,15H2,1-9H3,(H,28,30)(H,31,32). The van der Waals surface area contributed by atoms with Gasteiger partial charge in [-0.05, 0) is 49.2 Å². The van der Waals surface area contributed by atoms with E-state index in [0.717, 1.165) is 0 Å². The van der Waals surface area contributed by atoms with E-state index in [1.54, 1.807) is 18.2 Å². The highest BCUT2D eigenvalue weighted by Gasteiger charge is 2.43. The first kappa shape index (κ1) is 30.8. The molecule has 1 fully saturated rings. The summed E-state index contributed by atoms with van der Waals surface area (Å²) in [4.78, 5) is 34.9. The number of anilines is 1. The average molecular weight is 538 g/mol. The fourth-order valence-corrected chi connectivity index (χ4v) is 4.71. The molecule has 2 N–H and O–H groups in total. The number of nitrogens with one attached hydrogen (secondary N) is 1. The number of carboxylic acids is 1. The number of hydrogen-bond acceptors (Lipinski definition) is 7. The maximum absolute atomic E-state index is 12.2. The number of aliphatic carboxylic acids is 1. The Morgan fingerprint density at radius 2 is 1.73 bits per heavy atom. The molecule has 1 heterocycles. The Kier molecular flexibility index (Phi) is 10.3. The largest absolute Gasteiger partial charge is 0.481 e. The van der Waals surface area contributed by atoms with Crippen molar-refractivity contribution in [2.24, 2.45) is 11.8 Å². The summed E-state index contributed by atoms with van der Waals surface area (Å²) < 4.78 is 24.5. The van der Waals surface area contributed by atoms with Gasteiger partial charge in [0.25, 0.3) is 0 Å². The maximum atomic E-state index is 12.2. The van der Waals surface area contributed by atoms with Crippen LogP contribution in [0.25, 0.3) is 0 Å². The predicted molar refractivity (Wildman–Crippen MR) is 143 cm³/mol. The Hall–Kier alpha value is -2.43. The lowest BCUT2D eigenvalue weighted by molar-refractivity contribution is -0.243. The molecule has 5 atom stereocenters. The zero-order valence-corrected chi connectivity index (χ0v) is 24.5. The number of benzene rings is 1. The summed E-state index contributed by atoms with van der Waals surface area (Å²) in [7, 11) is -2.11. The van der Waals surface area contributed by atoms with Gasteiger partial charge < -0.3 is 29.1 Å². The first-order valence-corrected chi connectivity index (χ1v) is 15.7. The first-order chi connectivity index (χ1) is 17.0. The second-order valence-electron chi connectivity index (χ2n) is 11.4. The lowest BCUT2D eigenvalue weighted by Gasteiger charge is -2.42. The average Bonchev–Trinajstić information content (AvgIpc) is 2.77. The molecule has 0 aliphatic carbocycles. The van der Waals surface area contributed by atoms with Gasteiger partial charge in [0.1, 0.15) is 5.75 Å². The molecule has 0 radical (unpaired) electrons. The fourth-order valence-electron chi connectivity index (χ4n) is 3.77. The molecule has 9 nitrogen and oxygen atoms in total. The summed E-state index contributed by atoms with van der Waals surface area (Å²) in [6.07, 6.45) is -1.88. The van der Waals surface area contributed by atoms with Crippen LogP contribution in [-0.2, 0) is 34.9 Å². The van der Waals surface area contributed by atoms with Crippen LogP contribution in [0.15, 0.2) is 18.2 Å². The third-order valence-electron chi connectivity index (χ3n) is 7.56. The van der Waals surface area contributed by atoms with Gasteiger partial charge in [0.15, 0.2) is 14.4 Å². The minimum Gasteiger partial charge on any atom is -0.481 e. The highest BCUT2D eigenvalue weighted by atomic mass is 28.4. The maximum Gasteiger partial charge on any atom is 0.303 e. The van der Waals surface area contributed by atoms with Gasteiger partial charge in [-0.15, -0.1) is 0 Å². The molecule has 5 unspecified atom stereocenters. The second kappa shape index (κ2) is 12.4. The summed E-state index contributed by atoms with van der Waals surface area (Å²) >= 11 is 0. The lowest BCUT2D eigenvalue weighted by atomic mass is 9.84. The summed E-state index contributed by atoms with van der Waals surface area (Å²) in [6.45, 7) is 18.4. The van der Waals surface area contributed by atoms with E-state index >= 15 is 0 Å². The van der Waals surface area contributed by atoms with Gasteiger partial charge >= 0.3 is 11.9 Å². The lowest BCUT2D eigenvalue weighted by Crippen LogP contribution is -2.52. The zero-order valence-electron chi connectivity index (χ0n) is 23.5. The molecule has 0 aromatic heterocycles. The van der Waals surface area contributed by atoms with E-state index in [-0.39, 0.29) is 42.4 Å². The fraction of sp³-hybridized carbons (Fsp3) is 0.667. The van der Waals surface area contributed by atoms with Crippen molar-refractivity contribution in [1.29, 1.82) is 0 Å². The number of carbonyl (C=O) groups excluding carboxylic acids is 2. The van der Waals surface area contributed by atoms with Crippen LogP contribution in [0.1, 0.15) is 66.9 Å². The van der Waals surface area contributed by atoms with E-state index < -0.39 is 38.6 Å². The third kappa shape index (κ3) is 8.54. The Balaban J connectivity index is 2.36. The van der Waals surface area contributed by atoms with E-state index in [1.165, 1.54) is 6.92 Å². The molecular weight excluding hydrogens is 494 g/mol. The monoisotopic (exact) mass is 537 g/mol. The van der Waals surface area contributed by atoms with Gasteiger partial charge in [0, 0.05) is 30.5 Å². The van der Waals surface area contributed by atoms with Crippen molar-refractivity contribution in [2.75, 3.05) is 5.32 Å². The Bertz CT molecular complexity index is 974. The van der Waals surface area contributed by atoms with Crippen molar-refractivity contribution in [3.63, 3.8) is 0 Å². The van der Waals surface area contributed by atoms with Gasteiger partial charge in [-0.25, -0.2) is 0 Å². The molecule has 10 heteroatoms. The molecule has 0 spiro atoms. The molecule has 208 valence electrons.